The Hall–Kier alpha value is -0.880. The number of rotatable bonds is 9. The predicted molar refractivity (Wildman–Crippen MR) is 57.0 cm³/mol. The first-order valence-electron chi connectivity index (χ1n) is 5.19. The Kier molecular flexibility index (Phi) is 6.83. The Morgan fingerprint density at radius 3 is 2.44 bits per heavy atom. The molecule has 0 fully saturated rings. The third-order valence-corrected chi connectivity index (χ3v) is 1.92. The molecule has 16 heavy (non-hydrogen) atoms. The zero-order chi connectivity index (χ0) is 11.6. The van der Waals surface area contributed by atoms with Gasteiger partial charge in [-0.3, -0.25) is 0 Å². The van der Waals surface area contributed by atoms with Gasteiger partial charge in [0.1, 0.15) is 24.7 Å². The van der Waals surface area contributed by atoms with Gasteiger partial charge >= 0.3 is 0 Å². The fraction of sp³-hybridized carbons (Fsp3) is 0.636. The summed E-state index contributed by atoms with van der Waals surface area (Å²) in [5, 5.41) is 8.78. The normalized spacial score (nSPS) is 10.9. The van der Waals surface area contributed by atoms with Gasteiger partial charge in [-0.15, -0.1) is 0 Å². The van der Waals surface area contributed by atoms with Crippen LogP contribution >= 0.6 is 0 Å². The highest BCUT2D eigenvalue weighted by Gasteiger charge is 2.00. The Labute approximate surface area is 94.9 Å². The molecule has 1 aromatic heterocycles. The number of ether oxygens (including phenoxy) is 3. The first-order valence-corrected chi connectivity index (χ1v) is 5.19. The van der Waals surface area contributed by atoms with E-state index in [1.165, 1.54) is 0 Å². The summed E-state index contributed by atoms with van der Waals surface area (Å²) in [5.74, 6) is 1.26. The van der Waals surface area contributed by atoms with Gasteiger partial charge in [-0.2, -0.15) is 0 Å². The largest absolute Gasteiger partial charge is 0.461 e. The van der Waals surface area contributed by atoms with Crippen LogP contribution in [0.3, 0.4) is 0 Å². The molecule has 5 nitrogen and oxygen atoms in total. The van der Waals surface area contributed by atoms with Gasteiger partial charge < -0.3 is 23.7 Å². The molecule has 0 aliphatic heterocycles. The summed E-state index contributed by atoms with van der Waals surface area (Å²) in [6, 6.07) is 3.52. The van der Waals surface area contributed by atoms with Gasteiger partial charge in [0.2, 0.25) is 0 Å². The van der Waals surface area contributed by atoms with Gasteiger partial charge in [0.05, 0.1) is 26.4 Å². The minimum absolute atomic E-state index is 0.0832. The summed E-state index contributed by atoms with van der Waals surface area (Å²) in [7, 11) is 1.63. The van der Waals surface area contributed by atoms with Crippen LogP contribution in [0, 0.1) is 0 Å². The highest BCUT2D eigenvalue weighted by molar-refractivity contribution is 5.05. The molecule has 1 N–H and O–H groups in total. The molecule has 0 radical (unpaired) electrons. The molecule has 1 heterocycles. The molecule has 0 spiro atoms. The van der Waals surface area contributed by atoms with Gasteiger partial charge in [-0.25, -0.2) is 0 Å². The van der Waals surface area contributed by atoms with Crippen LogP contribution in [0.1, 0.15) is 11.5 Å². The van der Waals surface area contributed by atoms with E-state index < -0.39 is 0 Å². The highest BCUT2D eigenvalue weighted by atomic mass is 16.5. The van der Waals surface area contributed by atoms with E-state index in [1.807, 2.05) is 0 Å². The van der Waals surface area contributed by atoms with Crippen LogP contribution in [0.4, 0.5) is 0 Å². The predicted octanol–water partition coefficient (Wildman–Crippen LogP) is 0.951. The minimum Gasteiger partial charge on any atom is -0.461 e. The summed E-state index contributed by atoms with van der Waals surface area (Å²) in [4.78, 5) is 0. The van der Waals surface area contributed by atoms with Crippen LogP contribution in [-0.4, -0.2) is 38.6 Å². The van der Waals surface area contributed by atoms with Gasteiger partial charge in [0, 0.05) is 7.11 Å². The number of aliphatic hydroxyl groups excluding tert-OH is 1. The monoisotopic (exact) mass is 230 g/mol. The van der Waals surface area contributed by atoms with Crippen molar-refractivity contribution in [2.75, 3.05) is 33.5 Å². The molecule has 0 unspecified atom stereocenters. The lowest BCUT2D eigenvalue weighted by molar-refractivity contribution is 0.0157. The molecule has 1 rings (SSSR count). The van der Waals surface area contributed by atoms with Crippen molar-refractivity contribution in [1.82, 2.24) is 0 Å². The highest BCUT2D eigenvalue weighted by Crippen LogP contribution is 2.08. The topological polar surface area (TPSA) is 61.1 Å². The lowest BCUT2D eigenvalue weighted by atomic mass is 10.4. The van der Waals surface area contributed by atoms with E-state index in [0.717, 1.165) is 0 Å². The zero-order valence-electron chi connectivity index (χ0n) is 9.48. The first kappa shape index (κ1) is 13.2. The van der Waals surface area contributed by atoms with Crippen LogP contribution in [0.15, 0.2) is 16.5 Å². The number of furan rings is 1. The fourth-order valence-corrected chi connectivity index (χ4v) is 1.12. The smallest absolute Gasteiger partial charge is 0.129 e. The molecule has 0 aliphatic carbocycles. The van der Waals surface area contributed by atoms with Crippen molar-refractivity contribution in [3.63, 3.8) is 0 Å². The average Bonchev–Trinajstić information content (AvgIpc) is 2.76. The van der Waals surface area contributed by atoms with Crippen molar-refractivity contribution >= 4 is 0 Å². The maximum absolute atomic E-state index is 8.78. The number of hydrogen-bond donors (Lipinski definition) is 1. The van der Waals surface area contributed by atoms with E-state index in [0.29, 0.717) is 44.6 Å². The second-order valence-electron chi connectivity index (χ2n) is 3.18. The lowest BCUT2D eigenvalue weighted by Crippen LogP contribution is -2.08. The quantitative estimate of drug-likeness (QED) is 0.640. The van der Waals surface area contributed by atoms with Crippen molar-refractivity contribution in [2.24, 2.45) is 0 Å². The second kappa shape index (κ2) is 8.29. The second-order valence-corrected chi connectivity index (χ2v) is 3.18. The molecule has 0 saturated heterocycles. The number of hydrogen-bond acceptors (Lipinski definition) is 5. The Morgan fingerprint density at radius 1 is 1.06 bits per heavy atom. The molecule has 0 bridgehead atoms. The molecular formula is C11H18O5. The van der Waals surface area contributed by atoms with Crippen molar-refractivity contribution in [3.8, 4) is 0 Å². The molecule has 1 aromatic rings. The Balaban J connectivity index is 1.98. The van der Waals surface area contributed by atoms with Crippen LogP contribution in [0.25, 0.3) is 0 Å². The third-order valence-electron chi connectivity index (χ3n) is 1.92. The molecule has 0 saturated carbocycles. The SMILES string of the molecule is COCCOCCOCc1ccc(CO)o1. The zero-order valence-corrected chi connectivity index (χ0v) is 9.48. The lowest BCUT2D eigenvalue weighted by Gasteiger charge is -2.03. The standard InChI is InChI=1S/C11H18O5/c1-13-4-5-14-6-7-15-9-11-3-2-10(8-12)16-11/h2-3,12H,4-9H2,1H3. The molecule has 5 heteroatoms. The first-order chi connectivity index (χ1) is 7.86. The number of aliphatic hydroxyl groups is 1. The van der Waals surface area contributed by atoms with E-state index in [1.54, 1.807) is 19.2 Å². The van der Waals surface area contributed by atoms with Crippen LogP contribution < -0.4 is 0 Å². The van der Waals surface area contributed by atoms with Crippen molar-refractivity contribution < 1.29 is 23.7 Å². The van der Waals surface area contributed by atoms with E-state index in [2.05, 4.69) is 0 Å². The van der Waals surface area contributed by atoms with E-state index in [-0.39, 0.29) is 6.61 Å². The third kappa shape index (κ3) is 5.27. The molecule has 0 atom stereocenters. The van der Waals surface area contributed by atoms with E-state index >= 15 is 0 Å². The summed E-state index contributed by atoms with van der Waals surface area (Å²) < 4.78 is 20.6. The summed E-state index contributed by atoms with van der Waals surface area (Å²) in [6.07, 6.45) is 0. The average molecular weight is 230 g/mol. The molecule has 92 valence electrons. The number of methoxy groups -OCH3 is 1. The van der Waals surface area contributed by atoms with Gasteiger partial charge in [-0.1, -0.05) is 0 Å². The molecule has 0 amide bonds. The van der Waals surface area contributed by atoms with E-state index in [4.69, 9.17) is 23.7 Å². The fourth-order valence-electron chi connectivity index (χ4n) is 1.12. The van der Waals surface area contributed by atoms with Crippen molar-refractivity contribution in [2.45, 2.75) is 13.2 Å². The van der Waals surface area contributed by atoms with Gasteiger partial charge in [0.25, 0.3) is 0 Å². The van der Waals surface area contributed by atoms with Crippen molar-refractivity contribution in [3.05, 3.63) is 23.7 Å². The minimum atomic E-state index is -0.0832. The summed E-state index contributed by atoms with van der Waals surface area (Å²) in [6.45, 7) is 2.54. The van der Waals surface area contributed by atoms with Crippen LogP contribution in [-0.2, 0) is 27.4 Å². The van der Waals surface area contributed by atoms with E-state index in [9.17, 15) is 0 Å². The molecule has 0 aliphatic rings. The maximum Gasteiger partial charge on any atom is 0.129 e. The Morgan fingerprint density at radius 2 is 1.75 bits per heavy atom. The van der Waals surface area contributed by atoms with Crippen LogP contribution in [0.2, 0.25) is 0 Å². The summed E-state index contributed by atoms with van der Waals surface area (Å²) in [5.41, 5.74) is 0. The van der Waals surface area contributed by atoms with Crippen LogP contribution in [0.5, 0.6) is 0 Å². The maximum atomic E-state index is 8.78. The molecule has 0 aromatic carbocycles. The van der Waals surface area contributed by atoms with Gasteiger partial charge in [-0.05, 0) is 12.1 Å². The van der Waals surface area contributed by atoms with Crippen molar-refractivity contribution in [1.29, 1.82) is 0 Å². The molecular weight excluding hydrogens is 212 g/mol. The Bertz CT molecular complexity index is 271. The summed E-state index contributed by atoms with van der Waals surface area (Å²) >= 11 is 0. The van der Waals surface area contributed by atoms with Gasteiger partial charge in [0.15, 0.2) is 0 Å².